The summed E-state index contributed by atoms with van der Waals surface area (Å²) in [6, 6.07) is 3.65. The topological polar surface area (TPSA) is 57.7 Å². The molecule has 6 nitrogen and oxygen atoms in total. The Hall–Kier alpha value is -1.71. The fourth-order valence-electron chi connectivity index (χ4n) is 4.50. The molecule has 2 fully saturated rings. The Labute approximate surface area is 182 Å². The molecule has 31 heavy (non-hydrogen) atoms. The first-order valence-electron chi connectivity index (χ1n) is 11.0. The molecule has 3 rings (SSSR count). The number of carbonyl (C=O) groups excluding carboxylic acids is 1. The largest absolute Gasteiger partial charge is 0.433 e. The molecule has 1 aromatic rings. The molecule has 0 unspecified atom stereocenters. The summed E-state index contributed by atoms with van der Waals surface area (Å²) in [6.07, 6.45) is -3.02. The average Bonchev–Trinajstić information content (AvgIpc) is 2.73. The Bertz CT molecular complexity index is 728. The van der Waals surface area contributed by atoms with Crippen molar-refractivity contribution in [1.29, 1.82) is 0 Å². The van der Waals surface area contributed by atoms with Crippen molar-refractivity contribution in [2.24, 2.45) is 5.92 Å². The van der Waals surface area contributed by atoms with Gasteiger partial charge in [-0.2, -0.15) is 13.2 Å². The molecule has 0 bridgehead atoms. The number of ether oxygens (including phenoxy) is 1. The zero-order valence-corrected chi connectivity index (χ0v) is 18.4. The standard InChI is InChI=1S/C22H33F3N4O2/c1-17(2)15-28-8-10-29(11-9-28)21(6-12-31-13-7-21)16-26-20(30)14-18-4-3-5-19(27-18)22(23,24)25/h3-5,17H,6-16H2,1-2H3,(H,26,30). The molecule has 0 saturated carbocycles. The molecule has 1 amide bonds. The number of carbonyl (C=O) groups is 1. The molecule has 0 radical (unpaired) electrons. The summed E-state index contributed by atoms with van der Waals surface area (Å²) in [7, 11) is 0. The van der Waals surface area contributed by atoms with Crippen LogP contribution in [0.3, 0.4) is 0 Å². The first kappa shape index (κ1) is 23.9. The molecule has 1 aromatic heterocycles. The fourth-order valence-corrected chi connectivity index (χ4v) is 4.50. The van der Waals surface area contributed by atoms with Crippen molar-refractivity contribution in [3.63, 3.8) is 0 Å². The molecular weight excluding hydrogens is 409 g/mol. The molecule has 0 aromatic carbocycles. The van der Waals surface area contributed by atoms with Gasteiger partial charge in [0, 0.05) is 58.0 Å². The molecule has 0 aliphatic carbocycles. The monoisotopic (exact) mass is 442 g/mol. The SMILES string of the molecule is CC(C)CN1CCN(C2(CNC(=O)Cc3cccc(C(F)(F)F)n3)CCOCC2)CC1. The molecule has 3 heterocycles. The maximum Gasteiger partial charge on any atom is 0.433 e. The lowest BCUT2D eigenvalue weighted by atomic mass is 9.87. The molecule has 9 heteroatoms. The van der Waals surface area contributed by atoms with Gasteiger partial charge in [-0.05, 0) is 30.9 Å². The van der Waals surface area contributed by atoms with Gasteiger partial charge in [0.1, 0.15) is 5.69 Å². The predicted octanol–water partition coefficient (Wildman–Crippen LogP) is 2.58. The number of halogens is 3. The second-order valence-electron chi connectivity index (χ2n) is 8.98. The Morgan fingerprint density at radius 2 is 1.87 bits per heavy atom. The lowest BCUT2D eigenvalue weighted by Crippen LogP contribution is -2.63. The van der Waals surface area contributed by atoms with Crippen LogP contribution in [0.4, 0.5) is 13.2 Å². The second-order valence-corrected chi connectivity index (χ2v) is 8.98. The third kappa shape index (κ3) is 6.63. The summed E-state index contributed by atoms with van der Waals surface area (Å²) in [5.74, 6) is 0.323. The minimum atomic E-state index is -4.52. The highest BCUT2D eigenvalue weighted by Gasteiger charge is 2.40. The van der Waals surface area contributed by atoms with Crippen LogP contribution >= 0.6 is 0 Å². The van der Waals surface area contributed by atoms with Gasteiger partial charge in [0.25, 0.3) is 0 Å². The van der Waals surface area contributed by atoms with Crippen molar-refractivity contribution < 1.29 is 22.7 Å². The highest BCUT2D eigenvalue weighted by molar-refractivity contribution is 5.78. The van der Waals surface area contributed by atoms with Gasteiger partial charge in [-0.1, -0.05) is 19.9 Å². The maximum absolute atomic E-state index is 12.9. The van der Waals surface area contributed by atoms with Crippen LogP contribution in [0.5, 0.6) is 0 Å². The van der Waals surface area contributed by atoms with Crippen LogP contribution in [0, 0.1) is 5.92 Å². The zero-order chi connectivity index (χ0) is 22.5. The minimum absolute atomic E-state index is 0.121. The highest BCUT2D eigenvalue weighted by Crippen LogP contribution is 2.29. The van der Waals surface area contributed by atoms with Crippen molar-refractivity contribution in [2.45, 2.75) is 44.8 Å². The average molecular weight is 443 g/mol. The molecule has 2 saturated heterocycles. The van der Waals surface area contributed by atoms with Gasteiger partial charge < -0.3 is 15.0 Å². The van der Waals surface area contributed by atoms with E-state index in [1.54, 1.807) is 0 Å². The number of hydrogen-bond donors (Lipinski definition) is 1. The van der Waals surface area contributed by atoms with Gasteiger partial charge in [-0.15, -0.1) is 0 Å². The lowest BCUT2D eigenvalue weighted by Gasteiger charge is -2.50. The number of amides is 1. The Balaban J connectivity index is 1.58. The highest BCUT2D eigenvalue weighted by atomic mass is 19.4. The van der Waals surface area contributed by atoms with Gasteiger partial charge in [-0.3, -0.25) is 9.69 Å². The van der Waals surface area contributed by atoms with E-state index in [4.69, 9.17) is 4.74 Å². The minimum Gasteiger partial charge on any atom is -0.381 e. The Morgan fingerprint density at radius 3 is 2.48 bits per heavy atom. The van der Waals surface area contributed by atoms with Crippen molar-refractivity contribution in [2.75, 3.05) is 52.5 Å². The molecule has 1 N–H and O–H groups in total. The van der Waals surface area contributed by atoms with E-state index in [0.717, 1.165) is 51.6 Å². The van der Waals surface area contributed by atoms with Gasteiger partial charge in [0.05, 0.1) is 12.1 Å². The Morgan fingerprint density at radius 1 is 1.19 bits per heavy atom. The number of nitrogens with one attached hydrogen (secondary N) is 1. The molecule has 0 spiro atoms. The summed E-state index contributed by atoms with van der Waals surface area (Å²) >= 11 is 0. The van der Waals surface area contributed by atoms with E-state index in [1.165, 1.54) is 12.1 Å². The third-order valence-corrected chi connectivity index (χ3v) is 6.14. The van der Waals surface area contributed by atoms with E-state index in [2.05, 4.69) is 33.9 Å². The number of piperazine rings is 1. The van der Waals surface area contributed by atoms with E-state index < -0.39 is 11.9 Å². The smallest absolute Gasteiger partial charge is 0.381 e. The van der Waals surface area contributed by atoms with E-state index in [-0.39, 0.29) is 23.6 Å². The summed E-state index contributed by atoms with van der Waals surface area (Å²) < 4.78 is 44.2. The number of rotatable bonds is 7. The predicted molar refractivity (Wildman–Crippen MR) is 112 cm³/mol. The van der Waals surface area contributed by atoms with Crippen molar-refractivity contribution in [3.05, 3.63) is 29.6 Å². The van der Waals surface area contributed by atoms with Crippen molar-refractivity contribution >= 4 is 5.91 Å². The number of alkyl halides is 3. The normalized spacial score (nSPS) is 20.7. The number of hydrogen-bond acceptors (Lipinski definition) is 5. The van der Waals surface area contributed by atoms with Crippen LogP contribution in [0.25, 0.3) is 0 Å². The van der Waals surface area contributed by atoms with Gasteiger partial charge in [0.15, 0.2) is 0 Å². The van der Waals surface area contributed by atoms with E-state index in [9.17, 15) is 18.0 Å². The quantitative estimate of drug-likeness (QED) is 0.704. The maximum atomic E-state index is 12.9. The van der Waals surface area contributed by atoms with Crippen LogP contribution in [0.2, 0.25) is 0 Å². The van der Waals surface area contributed by atoms with E-state index in [1.807, 2.05) is 0 Å². The van der Waals surface area contributed by atoms with E-state index >= 15 is 0 Å². The van der Waals surface area contributed by atoms with Crippen molar-refractivity contribution in [1.82, 2.24) is 20.1 Å². The number of aromatic nitrogens is 1. The molecular formula is C22H33F3N4O2. The zero-order valence-electron chi connectivity index (χ0n) is 18.4. The van der Waals surface area contributed by atoms with Crippen LogP contribution in [-0.4, -0.2) is 78.7 Å². The first-order valence-corrected chi connectivity index (χ1v) is 11.0. The van der Waals surface area contributed by atoms with E-state index in [0.29, 0.717) is 25.7 Å². The van der Waals surface area contributed by atoms with Crippen molar-refractivity contribution in [3.8, 4) is 0 Å². The fraction of sp³-hybridized carbons (Fsp3) is 0.727. The van der Waals surface area contributed by atoms with Gasteiger partial charge in [0.2, 0.25) is 5.91 Å². The summed E-state index contributed by atoms with van der Waals surface area (Å²) in [5, 5.41) is 2.97. The third-order valence-electron chi connectivity index (χ3n) is 6.14. The molecule has 2 aliphatic heterocycles. The van der Waals surface area contributed by atoms with Gasteiger partial charge in [-0.25, -0.2) is 4.98 Å². The first-order chi connectivity index (χ1) is 14.7. The second kappa shape index (κ2) is 10.3. The molecule has 2 aliphatic rings. The molecule has 174 valence electrons. The summed E-state index contributed by atoms with van der Waals surface area (Å²) in [6.45, 7) is 11.2. The number of nitrogens with zero attached hydrogens (tertiary/aromatic N) is 3. The molecule has 0 atom stereocenters. The summed E-state index contributed by atoms with van der Waals surface area (Å²) in [4.78, 5) is 21.1. The lowest BCUT2D eigenvalue weighted by molar-refractivity contribution is -0.141. The van der Waals surface area contributed by atoms with Crippen LogP contribution < -0.4 is 5.32 Å². The van der Waals surface area contributed by atoms with Crippen LogP contribution in [0.1, 0.15) is 38.1 Å². The Kier molecular flexibility index (Phi) is 7.93. The number of pyridine rings is 1. The summed E-state index contributed by atoms with van der Waals surface area (Å²) in [5.41, 5.74) is -1.02. The van der Waals surface area contributed by atoms with Crippen LogP contribution in [0.15, 0.2) is 18.2 Å². The van der Waals surface area contributed by atoms with Gasteiger partial charge >= 0.3 is 6.18 Å². The van der Waals surface area contributed by atoms with Crippen LogP contribution in [-0.2, 0) is 22.1 Å².